The van der Waals surface area contributed by atoms with E-state index in [1.54, 1.807) is 6.21 Å². The minimum Gasteiger partial charge on any atom is -0.399 e. The van der Waals surface area contributed by atoms with Crippen molar-refractivity contribution in [1.82, 2.24) is 4.90 Å². The molecule has 0 N–H and O–H groups in total. The van der Waals surface area contributed by atoms with Crippen molar-refractivity contribution in [3.8, 4) is 0 Å². The van der Waals surface area contributed by atoms with Gasteiger partial charge >= 0.3 is 0 Å². The molecule has 0 atom stereocenters. The highest BCUT2D eigenvalue weighted by molar-refractivity contribution is 5.95. The van der Waals surface area contributed by atoms with Crippen molar-refractivity contribution < 1.29 is 9.63 Å². The van der Waals surface area contributed by atoms with Crippen molar-refractivity contribution in [2.24, 2.45) is 5.16 Å². The summed E-state index contributed by atoms with van der Waals surface area (Å²) in [7, 11) is 1.50. The van der Waals surface area contributed by atoms with Crippen LogP contribution in [-0.2, 0) is 4.84 Å². The lowest BCUT2D eigenvalue weighted by atomic mass is 10.1. The number of hydrogen-bond donors (Lipinski definition) is 0. The first-order chi connectivity index (χ1) is 9.22. The highest BCUT2D eigenvalue weighted by Gasteiger charge is 2.12. The molecule has 0 saturated heterocycles. The van der Waals surface area contributed by atoms with E-state index in [0.29, 0.717) is 5.56 Å². The van der Waals surface area contributed by atoms with E-state index in [9.17, 15) is 4.79 Å². The zero-order valence-electron chi connectivity index (χ0n) is 11.9. The standard InChI is InChI=1S/C15H22N2O2/c1-4-6-11-17(5-2)15(18)14-9-7-13(8-10-14)12-16-19-3/h7-10,12H,4-6,11H2,1-3H3. The number of nitrogens with zero attached hydrogens (tertiary/aromatic N) is 2. The summed E-state index contributed by atoms with van der Waals surface area (Å²) in [6, 6.07) is 7.38. The summed E-state index contributed by atoms with van der Waals surface area (Å²) in [5, 5.41) is 3.69. The van der Waals surface area contributed by atoms with Crippen LogP contribution in [0.15, 0.2) is 29.4 Å². The van der Waals surface area contributed by atoms with E-state index in [0.717, 1.165) is 31.5 Å². The molecule has 4 nitrogen and oxygen atoms in total. The summed E-state index contributed by atoms with van der Waals surface area (Å²) in [5.41, 5.74) is 1.63. The fourth-order valence-electron chi connectivity index (χ4n) is 1.76. The Morgan fingerprint density at radius 1 is 1.32 bits per heavy atom. The lowest BCUT2D eigenvalue weighted by molar-refractivity contribution is 0.0762. The Bertz CT molecular complexity index is 413. The molecule has 1 amide bonds. The van der Waals surface area contributed by atoms with Gasteiger partial charge < -0.3 is 9.74 Å². The van der Waals surface area contributed by atoms with E-state index in [-0.39, 0.29) is 5.91 Å². The Labute approximate surface area is 115 Å². The molecule has 0 aliphatic carbocycles. The number of benzene rings is 1. The van der Waals surface area contributed by atoms with E-state index >= 15 is 0 Å². The van der Waals surface area contributed by atoms with E-state index < -0.39 is 0 Å². The first-order valence-electron chi connectivity index (χ1n) is 6.68. The van der Waals surface area contributed by atoms with E-state index in [4.69, 9.17) is 0 Å². The lowest BCUT2D eigenvalue weighted by Crippen LogP contribution is -2.31. The summed E-state index contributed by atoms with van der Waals surface area (Å²) in [6.07, 6.45) is 3.75. The van der Waals surface area contributed by atoms with Gasteiger partial charge in [0.1, 0.15) is 7.11 Å². The van der Waals surface area contributed by atoms with E-state index in [1.165, 1.54) is 7.11 Å². The topological polar surface area (TPSA) is 41.9 Å². The maximum atomic E-state index is 12.3. The molecule has 4 heteroatoms. The zero-order chi connectivity index (χ0) is 14.1. The van der Waals surface area contributed by atoms with Crippen LogP contribution < -0.4 is 0 Å². The first-order valence-corrected chi connectivity index (χ1v) is 6.68. The van der Waals surface area contributed by atoms with Crippen LogP contribution in [0.4, 0.5) is 0 Å². The molecule has 0 heterocycles. The summed E-state index contributed by atoms with van der Waals surface area (Å²) < 4.78 is 0. The minimum absolute atomic E-state index is 0.0891. The average molecular weight is 262 g/mol. The van der Waals surface area contributed by atoms with Crippen LogP contribution in [0.3, 0.4) is 0 Å². The highest BCUT2D eigenvalue weighted by Crippen LogP contribution is 2.08. The molecule has 0 aliphatic rings. The van der Waals surface area contributed by atoms with Crippen LogP contribution in [-0.4, -0.2) is 37.2 Å². The molecule has 104 valence electrons. The quantitative estimate of drug-likeness (QED) is 0.560. The first kappa shape index (κ1) is 15.2. The van der Waals surface area contributed by atoms with Gasteiger partial charge in [-0.1, -0.05) is 30.6 Å². The van der Waals surface area contributed by atoms with Gasteiger partial charge in [0.2, 0.25) is 0 Å². The average Bonchev–Trinajstić information content (AvgIpc) is 2.46. The SMILES string of the molecule is CCCCN(CC)C(=O)c1ccc(C=NOC)cc1. The maximum Gasteiger partial charge on any atom is 0.253 e. The molecule has 0 aliphatic heterocycles. The third-order valence-corrected chi connectivity index (χ3v) is 2.92. The third kappa shape index (κ3) is 4.73. The normalized spacial score (nSPS) is 10.7. The van der Waals surface area contributed by atoms with Gasteiger partial charge in [0.05, 0.1) is 6.21 Å². The molecule has 1 aromatic rings. The van der Waals surface area contributed by atoms with Crippen LogP contribution in [0.5, 0.6) is 0 Å². The number of oxime groups is 1. The van der Waals surface area contributed by atoms with E-state index in [1.807, 2.05) is 36.1 Å². The summed E-state index contributed by atoms with van der Waals surface area (Å²) in [4.78, 5) is 18.8. The minimum atomic E-state index is 0.0891. The lowest BCUT2D eigenvalue weighted by Gasteiger charge is -2.20. The van der Waals surface area contributed by atoms with Crippen LogP contribution in [0.2, 0.25) is 0 Å². The van der Waals surface area contributed by atoms with Gasteiger partial charge in [-0.3, -0.25) is 4.79 Å². The number of rotatable bonds is 7. The van der Waals surface area contributed by atoms with Gasteiger partial charge in [-0.15, -0.1) is 0 Å². The monoisotopic (exact) mass is 262 g/mol. The number of carbonyl (C=O) groups is 1. The predicted molar refractivity (Wildman–Crippen MR) is 77.5 cm³/mol. The van der Waals surface area contributed by atoms with Crippen LogP contribution in [0.1, 0.15) is 42.6 Å². The van der Waals surface area contributed by atoms with Crippen molar-refractivity contribution in [1.29, 1.82) is 0 Å². The van der Waals surface area contributed by atoms with Crippen LogP contribution in [0, 0.1) is 0 Å². The molecule has 0 spiro atoms. The fraction of sp³-hybridized carbons (Fsp3) is 0.467. The summed E-state index contributed by atoms with van der Waals surface area (Å²) in [6.45, 7) is 5.69. The molecule has 0 fully saturated rings. The predicted octanol–water partition coefficient (Wildman–Crippen LogP) is 2.93. The molecular formula is C15H22N2O2. The second-order valence-corrected chi connectivity index (χ2v) is 4.28. The fourth-order valence-corrected chi connectivity index (χ4v) is 1.76. The van der Waals surface area contributed by atoms with Crippen molar-refractivity contribution in [3.63, 3.8) is 0 Å². The number of amides is 1. The summed E-state index contributed by atoms with van der Waals surface area (Å²) in [5.74, 6) is 0.0891. The number of carbonyl (C=O) groups excluding carboxylic acids is 1. The summed E-state index contributed by atoms with van der Waals surface area (Å²) >= 11 is 0. The molecule has 0 unspecified atom stereocenters. The molecule has 0 aromatic heterocycles. The molecule has 0 saturated carbocycles. The Morgan fingerprint density at radius 2 is 2.00 bits per heavy atom. The van der Waals surface area contributed by atoms with Crippen molar-refractivity contribution in [3.05, 3.63) is 35.4 Å². The zero-order valence-corrected chi connectivity index (χ0v) is 11.9. The van der Waals surface area contributed by atoms with Crippen molar-refractivity contribution in [2.75, 3.05) is 20.2 Å². The molecule has 0 radical (unpaired) electrons. The number of unbranched alkanes of at least 4 members (excludes halogenated alkanes) is 1. The Morgan fingerprint density at radius 3 is 2.53 bits per heavy atom. The van der Waals surface area contributed by atoms with Gasteiger partial charge in [0, 0.05) is 18.7 Å². The molecule has 1 rings (SSSR count). The van der Waals surface area contributed by atoms with Gasteiger partial charge in [0.15, 0.2) is 0 Å². The van der Waals surface area contributed by atoms with Gasteiger partial charge in [-0.2, -0.15) is 0 Å². The van der Waals surface area contributed by atoms with Crippen LogP contribution >= 0.6 is 0 Å². The second kappa shape index (κ2) is 8.29. The van der Waals surface area contributed by atoms with Crippen LogP contribution in [0.25, 0.3) is 0 Å². The van der Waals surface area contributed by atoms with E-state index in [2.05, 4.69) is 16.9 Å². The Balaban J connectivity index is 2.73. The molecule has 0 bridgehead atoms. The van der Waals surface area contributed by atoms with Gasteiger partial charge in [0.25, 0.3) is 5.91 Å². The number of hydrogen-bond acceptors (Lipinski definition) is 3. The van der Waals surface area contributed by atoms with Crippen molar-refractivity contribution in [2.45, 2.75) is 26.7 Å². The molecular weight excluding hydrogens is 240 g/mol. The van der Waals surface area contributed by atoms with Crippen molar-refractivity contribution >= 4 is 12.1 Å². The van der Waals surface area contributed by atoms with Gasteiger partial charge in [-0.05, 0) is 31.0 Å². The molecule has 1 aromatic carbocycles. The van der Waals surface area contributed by atoms with Gasteiger partial charge in [-0.25, -0.2) is 0 Å². The molecule has 19 heavy (non-hydrogen) atoms. The third-order valence-electron chi connectivity index (χ3n) is 2.92. The maximum absolute atomic E-state index is 12.3. The largest absolute Gasteiger partial charge is 0.399 e. The highest BCUT2D eigenvalue weighted by atomic mass is 16.6. The second-order valence-electron chi connectivity index (χ2n) is 4.28. The Hall–Kier alpha value is -1.84. The smallest absolute Gasteiger partial charge is 0.253 e. The Kier molecular flexibility index (Phi) is 6.64.